The molecule has 0 amide bonds. The smallest absolute Gasteiger partial charge is 0.0911 e. The van der Waals surface area contributed by atoms with Crippen LogP contribution in [0.4, 0.5) is 0 Å². The Kier molecular flexibility index (Phi) is 7.99. The van der Waals surface area contributed by atoms with E-state index in [2.05, 4.69) is 40.0 Å². The molecular weight excluding hydrogens is 251 g/mol. The molecule has 0 saturated heterocycles. The third-order valence-electron chi connectivity index (χ3n) is 2.01. The first-order valence-electron chi connectivity index (χ1n) is 3.94. The van der Waals surface area contributed by atoms with Crippen molar-refractivity contribution in [3.8, 4) is 0 Å². The molecule has 0 aliphatic rings. The molecule has 0 rings (SSSR count). The minimum absolute atomic E-state index is 0. The molecule has 0 bridgehead atoms. The van der Waals surface area contributed by atoms with Crippen LogP contribution in [0, 0.1) is 0 Å². The molecule has 2 nitrogen and oxygen atoms in total. The molecule has 70 valence electrons. The van der Waals surface area contributed by atoms with E-state index in [-0.39, 0.29) is 24.0 Å². The fourth-order valence-electron chi connectivity index (χ4n) is 0.629. The minimum atomic E-state index is 0. The second kappa shape index (κ2) is 6.20. The number of likely N-dealkylation sites (N-methyl/N-ethyl adjacent to an activating group) is 2. The van der Waals surface area contributed by atoms with Gasteiger partial charge in [0.05, 0.1) is 27.2 Å². The number of hydrogen-bond acceptors (Lipinski definition) is 1. The van der Waals surface area contributed by atoms with Crippen LogP contribution in [-0.2, 0) is 0 Å². The molecule has 0 N–H and O–H groups in total. The lowest BCUT2D eigenvalue weighted by atomic mass is 10.4. The van der Waals surface area contributed by atoms with E-state index in [0.717, 1.165) is 4.48 Å². The van der Waals surface area contributed by atoms with Crippen molar-refractivity contribution in [2.24, 2.45) is 0 Å². The molecule has 0 aliphatic heterocycles. The van der Waals surface area contributed by atoms with Gasteiger partial charge in [0.1, 0.15) is 0 Å². The Labute approximate surface area is 88.2 Å². The molecular formula is C8H21IN2. The molecule has 0 saturated carbocycles. The van der Waals surface area contributed by atoms with Crippen molar-refractivity contribution >= 4 is 0 Å². The lowest BCUT2D eigenvalue weighted by molar-refractivity contribution is -0.887. The summed E-state index contributed by atoms with van der Waals surface area (Å²) in [5, 5.41) is 0. The zero-order chi connectivity index (χ0) is 8.20. The van der Waals surface area contributed by atoms with Gasteiger partial charge in [-0.25, -0.2) is 0 Å². The van der Waals surface area contributed by atoms with Gasteiger partial charge in [0.25, 0.3) is 0 Å². The van der Waals surface area contributed by atoms with Crippen LogP contribution in [0.5, 0.6) is 0 Å². The Bertz CT molecular complexity index is 92.1. The van der Waals surface area contributed by atoms with Gasteiger partial charge in [-0.05, 0) is 21.0 Å². The van der Waals surface area contributed by atoms with E-state index in [1.54, 1.807) is 0 Å². The highest BCUT2D eigenvalue weighted by molar-refractivity contribution is 4.39. The first kappa shape index (κ1) is 14.2. The summed E-state index contributed by atoms with van der Waals surface area (Å²) in [6.45, 7) is 5.87. The molecule has 0 aliphatic carbocycles. The van der Waals surface area contributed by atoms with Gasteiger partial charge in [0, 0.05) is 6.54 Å². The van der Waals surface area contributed by atoms with Crippen LogP contribution in [0.1, 0.15) is 6.92 Å². The highest BCUT2D eigenvalue weighted by Gasteiger charge is 2.10. The van der Waals surface area contributed by atoms with E-state index in [1.165, 1.54) is 19.6 Å². The van der Waals surface area contributed by atoms with Crippen molar-refractivity contribution in [1.82, 2.24) is 4.90 Å². The number of halogens is 1. The van der Waals surface area contributed by atoms with Gasteiger partial charge >= 0.3 is 0 Å². The fourth-order valence-corrected chi connectivity index (χ4v) is 0.629. The summed E-state index contributed by atoms with van der Waals surface area (Å²) < 4.78 is 1.12. The monoisotopic (exact) mass is 272 g/mol. The van der Waals surface area contributed by atoms with E-state index in [0.29, 0.717) is 0 Å². The summed E-state index contributed by atoms with van der Waals surface area (Å²) in [5.41, 5.74) is 0. The molecule has 0 spiro atoms. The topological polar surface area (TPSA) is 3.24 Å². The van der Waals surface area contributed by atoms with Crippen LogP contribution in [0.25, 0.3) is 0 Å². The second-order valence-electron chi connectivity index (χ2n) is 3.78. The van der Waals surface area contributed by atoms with Gasteiger partial charge in [-0.15, -0.1) is 0 Å². The van der Waals surface area contributed by atoms with Crippen molar-refractivity contribution in [3.63, 3.8) is 0 Å². The maximum atomic E-state index is 2.27. The minimum Gasteiger partial charge on any atom is -1.00 e. The summed E-state index contributed by atoms with van der Waals surface area (Å²) in [6, 6.07) is 0. The Morgan fingerprint density at radius 3 is 1.91 bits per heavy atom. The van der Waals surface area contributed by atoms with Crippen molar-refractivity contribution in [3.05, 3.63) is 0 Å². The number of nitrogens with zero attached hydrogens (tertiary/aromatic N) is 2. The molecule has 0 radical (unpaired) electrons. The first-order valence-corrected chi connectivity index (χ1v) is 3.94. The van der Waals surface area contributed by atoms with Gasteiger partial charge in [-0.1, -0.05) is 0 Å². The molecule has 0 heterocycles. The van der Waals surface area contributed by atoms with E-state index in [4.69, 9.17) is 0 Å². The normalized spacial score (nSPS) is 11.5. The summed E-state index contributed by atoms with van der Waals surface area (Å²) >= 11 is 0. The fraction of sp³-hybridized carbons (Fsp3) is 1.00. The largest absolute Gasteiger partial charge is 1.00 e. The average molecular weight is 272 g/mol. The van der Waals surface area contributed by atoms with Crippen LogP contribution in [0.2, 0.25) is 0 Å². The third-order valence-corrected chi connectivity index (χ3v) is 2.01. The van der Waals surface area contributed by atoms with Gasteiger partial charge in [-0.2, -0.15) is 0 Å². The zero-order valence-electron chi connectivity index (χ0n) is 8.39. The van der Waals surface area contributed by atoms with E-state index < -0.39 is 0 Å². The zero-order valence-corrected chi connectivity index (χ0v) is 10.6. The molecule has 3 heteroatoms. The van der Waals surface area contributed by atoms with Crippen molar-refractivity contribution in [2.75, 3.05) is 47.8 Å². The SMILES string of the molecule is CC[N+](C)(C)CCN(C)C.[I-]. The van der Waals surface area contributed by atoms with Crippen molar-refractivity contribution < 1.29 is 28.5 Å². The lowest BCUT2D eigenvalue weighted by Crippen LogP contribution is -3.00. The Balaban J connectivity index is 0. The second-order valence-corrected chi connectivity index (χ2v) is 3.78. The molecule has 11 heavy (non-hydrogen) atoms. The summed E-state index contributed by atoms with van der Waals surface area (Å²) in [4.78, 5) is 2.23. The summed E-state index contributed by atoms with van der Waals surface area (Å²) in [5.74, 6) is 0. The van der Waals surface area contributed by atoms with Gasteiger partial charge in [0.15, 0.2) is 0 Å². The third kappa shape index (κ3) is 8.56. The molecule has 0 aromatic carbocycles. The van der Waals surface area contributed by atoms with E-state index >= 15 is 0 Å². The van der Waals surface area contributed by atoms with Gasteiger partial charge in [-0.3, -0.25) is 0 Å². The molecule has 0 aromatic rings. The Hall–Kier alpha value is 0.650. The van der Waals surface area contributed by atoms with Crippen LogP contribution < -0.4 is 24.0 Å². The van der Waals surface area contributed by atoms with Crippen molar-refractivity contribution in [2.45, 2.75) is 6.92 Å². The standard InChI is InChI=1S/C8H21N2.HI/c1-6-10(4,5)8-7-9(2)3;/h6-8H2,1-5H3;1H/q+1;/p-1. The van der Waals surface area contributed by atoms with E-state index in [1.807, 2.05) is 0 Å². The number of rotatable bonds is 4. The summed E-state index contributed by atoms with van der Waals surface area (Å²) in [6.07, 6.45) is 0. The van der Waals surface area contributed by atoms with Crippen LogP contribution >= 0.6 is 0 Å². The highest BCUT2D eigenvalue weighted by Crippen LogP contribution is 1.94. The molecule has 0 atom stereocenters. The van der Waals surface area contributed by atoms with Crippen LogP contribution in [0.15, 0.2) is 0 Å². The maximum absolute atomic E-state index is 2.27. The molecule has 0 fully saturated rings. The summed E-state index contributed by atoms with van der Waals surface area (Å²) in [7, 11) is 8.78. The highest BCUT2D eigenvalue weighted by atomic mass is 127. The number of quaternary nitrogens is 1. The Morgan fingerprint density at radius 1 is 1.18 bits per heavy atom. The predicted molar refractivity (Wildman–Crippen MR) is 46.1 cm³/mol. The molecule has 0 aromatic heterocycles. The molecule has 0 unspecified atom stereocenters. The lowest BCUT2D eigenvalue weighted by Gasteiger charge is -2.29. The van der Waals surface area contributed by atoms with E-state index in [9.17, 15) is 0 Å². The van der Waals surface area contributed by atoms with Gasteiger partial charge < -0.3 is 33.4 Å². The number of hydrogen-bond donors (Lipinski definition) is 0. The maximum Gasteiger partial charge on any atom is 0.0911 e. The Morgan fingerprint density at radius 2 is 1.64 bits per heavy atom. The average Bonchev–Trinajstić information content (AvgIpc) is 1.85. The van der Waals surface area contributed by atoms with Crippen molar-refractivity contribution in [1.29, 1.82) is 0 Å². The van der Waals surface area contributed by atoms with Crippen LogP contribution in [-0.4, -0.2) is 57.2 Å². The van der Waals surface area contributed by atoms with Crippen LogP contribution in [0.3, 0.4) is 0 Å². The first-order chi connectivity index (χ1) is 4.48. The predicted octanol–water partition coefficient (Wildman–Crippen LogP) is -2.35. The van der Waals surface area contributed by atoms with Gasteiger partial charge in [0.2, 0.25) is 0 Å². The quantitative estimate of drug-likeness (QED) is 0.409.